The molecule has 1 fully saturated rings. The lowest BCUT2D eigenvalue weighted by atomic mass is 9.99. The molecule has 35 heavy (non-hydrogen) atoms. The first-order valence-corrected chi connectivity index (χ1v) is 12.1. The number of nitrogens with zero attached hydrogens (tertiary/aromatic N) is 1. The van der Waals surface area contributed by atoms with Gasteiger partial charge < -0.3 is 19.5 Å². The predicted molar refractivity (Wildman–Crippen MR) is 135 cm³/mol. The summed E-state index contributed by atoms with van der Waals surface area (Å²) >= 11 is 0. The number of rotatable bonds is 8. The molecule has 1 aliphatic heterocycles. The highest BCUT2D eigenvalue weighted by Crippen LogP contribution is 2.35. The summed E-state index contributed by atoms with van der Waals surface area (Å²) in [6, 6.07) is 19.0. The fourth-order valence-corrected chi connectivity index (χ4v) is 4.48. The van der Waals surface area contributed by atoms with Gasteiger partial charge in [0.2, 0.25) is 0 Å². The Morgan fingerprint density at radius 3 is 2.14 bits per heavy atom. The van der Waals surface area contributed by atoms with Gasteiger partial charge in [0.25, 0.3) is 0 Å². The van der Waals surface area contributed by atoms with Gasteiger partial charge in [0.05, 0.1) is 19.3 Å². The maximum Gasteiger partial charge on any atom is 0.412 e. The van der Waals surface area contributed by atoms with E-state index in [1.54, 1.807) is 4.90 Å². The molecule has 1 N–H and O–H groups in total. The standard InChI is InChI=1S/C28H38N2O5/c1-27(2,3)35-26(32)30-23(18-21-15-11-8-12-16-21)24(34-28(30,4)5)19-29-22(25(31)33-6)17-20-13-9-7-10-14-20/h7-16,22-24,29H,17-19H2,1-6H3/t22-,23-,24-/m0/s1. The minimum absolute atomic E-state index is 0.287. The molecule has 1 saturated heterocycles. The fraction of sp³-hybridized carbons (Fsp3) is 0.500. The van der Waals surface area contributed by atoms with Crippen molar-refractivity contribution in [3.63, 3.8) is 0 Å². The van der Waals surface area contributed by atoms with E-state index in [1.807, 2.05) is 95.3 Å². The fourth-order valence-electron chi connectivity index (χ4n) is 4.48. The Labute approximate surface area is 208 Å². The number of nitrogens with one attached hydrogen (secondary N) is 1. The van der Waals surface area contributed by atoms with Crippen molar-refractivity contribution in [2.24, 2.45) is 0 Å². The summed E-state index contributed by atoms with van der Waals surface area (Å²) in [5.41, 5.74) is 0.603. The topological polar surface area (TPSA) is 77.1 Å². The minimum atomic E-state index is -0.881. The molecule has 0 saturated carbocycles. The quantitative estimate of drug-likeness (QED) is 0.564. The van der Waals surface area contributed by atoms with Gasteiger partial charge in [0.1, 0.15) is 17.4 Å². The second kappa shape index (κ2) is 11.2. The maximum atomic E-state index is 13.3. The highest BCUT2D eigenvalue weighted by Gasteiger charge is 2.51. The molecule has 1 heterocycles. The predicted octanol–water partition coefficient (Wildman–Crippen LogP) is 4.34. The largest absolute Gasteiger partial charge is 0.468 e. The van der Waals surface area contributed by atoms with Crippen LogP contribution < -0.4 is 5.32 Å². The molecular weight excluding hydrogens is 444 g/mol. The van der Waals surface area contributed by atoms with Crippen molar-refractivity contribution in [1.29, 1.82) is 0 Å². The molecule has 0 bridgehead atoms. The van der Waals surface area contributed by atoms with E-state index in [9.17, 15) is 9.59 Å². The number of carbonyl (C=O) groups excluding carboxylic acids is 2. The van der Waals surface area contributed by atoms with E-state index in [4.69, 9.17) is 14.2 Å². The second-order valence-electron chi connectivity index (χ2n) is 10.4. The summed E-state index contributed by atoms with van der Waals surface area (Å²) < 4.78 is 17.2. The third-order valence-corrected chi connectivity index (χ3v) is 5.99. The number of hydrogen-bond acceptors (Lipinski definition) is 6. The van der Waals surface area contributed by atoms with Gasteiger partial charge in [-0.05, 0) is 58.6 Å². The Morgan fingerprint density at radius 1 is 1.03 bits per heavy atom. The smallest absolute Gasteiger partial charge is 0.412 e. The van der Waals surface area contributed by atoms with E-state index >= 15 is 0 Å². The van der Waals surface area contributed by atoms with E-state index in [-0.39, 0.29) is 18.1 Å². The van der Waals surface area contributed by atoms with Crippen LogP contribution in [-0.2, 0) is 31.8 Å². The molecule has 7 heteroatoms. The summed E-state index contributed by atoms with van der Waals surface area (Å²) in [7, 11) is 1.39. The molecule has 3 rings (SSSR count). The monoisotopic (exact) mass is 482 g/mol. The van der Waals surface area contributed by atoms with E-state index in [0.717, 1.165) is 11.1 Å². The molecule has 1 aliphatic rings. The van der Waals surface area contributed by atoms with E-state index in [0.29, 0.717) is 19.4 Å². The molecule has 0 aliphatic carbocycles. The molecule has 0 radical (unpaired) electrons. The van der Waals surface area contributed by atoms with Crippen molar-refractivity contribution in [1.82, 2.24) is 10.2 Å². The van der Waals surface area contributed by atoms with Gasteiger partial charge in [-0.2, -0.15) is 0 Å². The first-order valence-electron chi connectivity index (χ1n) is 12.1. The average molecular weight is 483 g/mol. The molecule has 190 valence electrons. The van der Waals surface area contributed by atoms with Crippen molar-refractivity contribution in [2.45, 2.75) is 77.0 Å². The van der Waals surface area contributed by atoms with Crippen molar-refractivity contribution in [3.05, 3.63) is 71.8 Å². The number of esters is 1. The van der Waals surface area contributed by atoms with Gasteiger partial charge in [-0.25, -0.2) is 4.79 Å². The van der Waals surface area contributed by atoms with Crippen molar-refractivity contribution in [3.8, 4) is 0 Å². The van der Waals surface area contributed by atoms with Gasteiger partial charge in [0.15, 0.2) is 0 Å². The zero-order chi connectivity index (χ0) is 25.6. The van der Waals surface area contributed by atoms with Gasteiger partial charge in [0, 0.05) is 6.54 Å². The van der Waals surface area contributed by atoms with Crippen LogP contribution in [0.3, 0.4) is 0 Å². The van der Waals surface area contributed by atoms with Crippen LogP contribution in [0, 0.1) is 0 Å². The van der Waals surface area contributed by atoms with E-state index in [1.165, 1.54) is 7.11 Å². The molecular formula is C28H38N2O5. The van der Waals surface area contributed by atoms with Crippen LogP contribution in [0.25, 0.3) is 0 Å². The highest BCUT2D eigenvalue weighted by atomic mass is 16.6. The molecule has 1 amide bonds. The van der Waals surface area contributed by atoms with Crippen molar-refractivity contribution < 1.29 is 23.8 Å². The molecule has 7 nitrogen and oxygen atoms in total. The van der Waals surface area contributed by atoms with E-state index in [2.05, 4.69) is 5.32 Å². The second-order valence-corrected chi connectivity index (χ2v) is 10.4. The Bertz CT molecular complexity index is 972. The van der Waals surface area contributed by atoms with Crippen molar-refractivity contribution in [2.75, 3.05) is 13.7 Å². The Kier molecular flexibility index (Phi) is 8.56. The first kappa shape index (κ1) is 26.7. The molecule has 2 aromatic rings. The van der Waals surface area contributed by atoms with Crippen LogP contribution in [0.5, 0.6) is 0 Å². The summed E-state index contributed by atoms with van der Waals surface area (Å²) in [5, 5.41) is 3.34. The number of hydrogen-bond donors (Lipinski definition) is 1. The number of ether oxygens (including phenoxy) is 3. The number of carbonyl (C=O) groups is 2. The van der Waals surface area contributed by atoms with Crippen molar-refractivity contribution >= 4 is 12.1 Å². The zero-order valence-electron chi connectivity index (χ0n) is 21.6. The third-order valence-electron chi connectivity index (χ3n) is 5.99. The van der Waals surface area contributed by atoms with E-state index < -0.39 is 23.5 Å². The Balaban J connectivity index is 1.83. The number of methoxy groups -OCH3 is 1. The van der Waals surface area contributed by atoms with Gasteiger partial charge in [-0.1, -0.05) is 60.7 Å². The summed E-state index contributed by atoms with van der Waals surface area (Å²) in [4.78, 5) is 27.5. The van der Waals surface area contributed by atoms with Crippen LogP contribution in [0.4, 0.5) is 4.79 Å². The Morgan fingerprint density at radius 2 is 1.60 bits per heavy atom. The lowest BCUT2D eigenvalue weighted by Crippen LogP contribution is -2.52. The summed E-state index contributed by atoms with van der Waals surface area (Å²) in [5.74, 6) is -0.338. The molecule has 0 spiro atoms. The number of benzene rings is 2. The molecule has 0 unspecified atom stereocenters. The summed E-state index contributed by atoms with van der Waals surface area (Å²) in [6.45, 7) is 9.67. The average Bonchev–Trinajstić information content (AvgIpc) is 3.05. The van der Waals surface area contributed by atoms with Crippen LogP contribution in [-0.4, -0.2) is 60.1 Å². The SMILES string of the molecule is COC(=O)[C@H](Cc1ccccc1)NC[C@@H]1OC(C)(C)N(C(=O)OC(C)(C)C)[C@H]1Cc1ccccc1. The van der Waals surface area contributed by atoms with Crippen LogP contribution in [0.2, 0.25) is 0 Å². The Hall–Kier alpha value is -2.90. The third kappa shape index (κ3) is 7.29. The summed E-state index contributed by atoms with van der Waals surface area (Å²) in [6.07, 6.45) is 0.306. The first-order chi connectivity index (χ1) is 16.5. The van der Waals surface area contributed by atoms with Gasteiger partial charge in [-0.15, -0.1) is 0 Å². The lowest BCUT2D eigenvalue weighted by Gasteiger charge is -2.35. The van der Waals surface area contributed by atoms with Crippen LogP contribution >= 0.6 is 0 Å². The van der Waals surface area contributed by atoms with Crippen LogP contribution in [0.1, 0.15) is 45.7 Å². The highest BCUT2D eigenvalue weighted by molar-refractivity contribution is 5.76. The lowest BCUT2D eigenvalue weighted by molar-refractivity contribution is -0.143. The minimum Gasteiger partial charge on any atom is -0.468 e. The molecule has 2 aromatic carbocycles. The molecule has 0 aromatic heterocycles. The molecule has 3 atom stereocenters. The van der Waals surface area contributed by atoms with Gasteiger partial charge in [-0.3, -0.25) is 9.69 Å². The van der Waals surface area contributed by atoms with Gasteiger partial charge >= 0.3 is 12.1 Å². The zero-order valence-corrected chi connectivity index (χ0v) is 21.6. The normalized spacial score (nSPS) is 20.3. The van der Waals surface area contributed by atoms with Crippen LogP contribution in [0.15, 0.2) is 60.7 Å². The maximum absolute atomic E-state index is 13.3. The number of amides is 1.